The number of fused-ring (bicyclic) bond motifs is 1. The molecule has 5 unspecified atom stereocenters. The Morgan fingerprint density at radius 2 is 1.90 bits per heavy atom. The summed E-state index contributed by atoms with van der Waals surface area (Å²) in [6.07, 6.45) is 4.56. The number of sulfonamides is 1. The Kier molecular flexibility index (Phi) is 5.45. The fourth-order valence-corrected chi connectivity index (χ4v) is 5.84. The van der Waals surface area contributed by atoms with Gasteiger partial charge in [-0.2, -0.15) is 4.31 Å². The number of hydrogen-bond donors (Lipinski definition) is 2. The Bertz CT molecular complexity index is 921. The second kappa shape index (κ2) is 7.87. The predicted molar refractivity (Wildman–Crippen MR) is 114 cm³/mol. The highest BCUT2D eigenvalue weighted by atomic mass is 32.2. The zero-order chi connectivity index (χ0) is 21.8. The van der Waals surface area contributed by atoms with Crippen LogP contribution in [0.1, 0.15) is 44.3 Å². The molecule has 3 heterocycles. The minimum atomic E-state index is -3.17. The number of rotatable bonds is 5. The topological polar surface area (TPSA) is 99.7 Å². The van der Waals surface area contributed by atoms with Gasteiger partial charge in [0.25, 0.3) is 0 Å². The van der Waals surface area contributed by atoms with Gasteiger partial charge in [0.1, 0.15) is 18.3 Å². The van der Waals surface area contributed by atoms with E-state index >= 15 is 0 Å². The minimum Gasteiger partial charge on any atom is -0.369 e. The monoisotopic (exact) mass is 454 g/mol. The van der Waals surface area contributed by atoms with Gasteiger partial charge >= 0.3 is 0 Å². The molecule has 5 atom stereocenters. The van der Waals surface area contributed by atoms with Crippen LogP contribution in [-0.4, -0.2) is 79.0 Å². The largest absolute Gasteiger partial charge is 0.369 e. The minimum absolute atomic E-state index is 0.0450. The second-order valence-electron chi connectivity index (χ2n) is 9.58. The lowest BCUT2D eigenvalue weighted by atomic mass is 9.78. The van der Waals surface area contributed by atoms with Gasteiger partial charge in [-0.25, -0.2) is 28.2 Å². The number of nitrogens with zero attached hydrogens (tertiary/aromatic N) is 4. The molecule has 2 N–H and O–H groups in total. The Hall–Kier alpha value is -1.40. The van der Waals surface area contributed by atoms with Crippen molar-refractivity contribution >= 4 is 15.8 Å². The fraction of sp³-hybridized carbons (Fsp3) is 0.800. The van der Waals surface area contributed by atoms with Crippen molar-refractivity contribution in [1.82, 2.24) is 25.1 Å². The molecule has 1 aromatic heterocycles. The Balaban J connectivity index is 1.28. The van der Waals surface area contributed by atoms with Crippen molar-refractivity contribution in [2.45, 2.75) is 62.6 Å². The van der Waals surface area contributed by atoms with Gasteiger partial charge in [0, 0.05) is 44.2 Å². The Labute approximate surface area is 182 Å². The van der Waals surface area contributed by atoms with E-state index in [1.54, 1.807) is 6.33 Å². The van der Waals surface area contributed by atoms with E-state index in [-0.39, 0.29) is 29.7 Å². The van der Waals surface area contributed by atoms with Gasteiger partial charge in [0.15, 0.2) is 0 Å². The number of hydrogen-bond acceptors (Lipinski definition) is 8. The zero-order valence-corrected chi connectivity index (χ0v) is 18.8. The zero-order valence-electron chi connectivity index (χ0n) is 18.0. The highest BCUT2D eigenvalue weighted by Crippen LogP contribution is 2.45. The van der Waals surface area contributed by atoms with Crippen LogP contribution in [-0.2, 0) is 14.8 Å². The Morgan fingerprint density at radius 1 is 1.16 bits per heavy atom. The van der Waals surface area contributed by atoms with Gasteiger partial charge in [-0.15, -0.1) is 0 Å². The maximum Gasteiger partial charge on any atom is 0.211 e. The summed E-state index contributed by atoms with van der Waals surface area (Å²) in [4.78, 5) is 11.0. The quantitative estimate of drug-likeness (QED) is 0.673. The van der Waals surface area contributed by atoms with Crippen molar-refractivity contribution in [2.75, 3.05) is 37.3 Å². The molecule has 0 bridgehead atoms. The molecule has 0 spiro atoms. The second-order valence-corrected chi connectivity index (χ2v) is 11.6. The van der Waals surface area contributed by atoms with Crippen LogP contribution < -0.4 is 15.8 Å². The first kappa shape index (κ1) is 21.4. The van der Waals surface area contributed by atoms with E-state index in [0.29, 0.717) is 39.0 Å². The third-order valence-electron chi connectivity index (χ3n) is 7.17. The predicted octanol–water partition coefficient (Wildman–Crippen LogP) is 0.762. The smallest absolute Gasteiger partial charge is 0.211 e. The summed E-state index contributed by atoms with van der Waals surface area (Å²) in [5.74, 6) is 0.977. The molecule has 0 amide bonds. The van der Waals surface area contributed by atoms with Crippen molar-refractivity contribution in [3.8, 4) is 0 Å². The van der Waals surface area contributed by atoms with Gasteiger partial charge in [-0.1, -0.05) is 0 Å². The van der Waals surface area contributed by atoms with Crippen molar-refractivity contribution in [2.24, 2.45) is 5.92 Å². The lowest BCUT2D eigenvalue weighted by Crippen LogP contribution is -2.48. The summed E-state index contributed by atoms with van der Waals surface area (Å²) in [7, 11) is -3.17. The van der Waals surface area contributed by atoms with Crippen LogP contribution in [0.4, 0.5) is 10.2 Å². The summed E-state index contributed by atoms with van der Waals surface area (Å²) in [6, 6.07) is 1.97. The molecule has 4 fully saturated rings. The van der Waals surface area contributed by atoms with Crippen LogP contribution in [0.25, 0.3) is 0 Å². The fourth-order valence-electron chi connectivity index (χ4n) is 5.02. The van der Waals surface area contributed by atoms with Crippen LogP contribution in [0.5, 0.6) is 0 Å². The maximum absolute atomic E-state index is 14.7. The molecule has 0 aromatic carbocycles. The van der Waals surface area contributed by atoms with Crippen molar-refractivity contribution in [3.05, 3.63) is 18.1 Å². The van der Waals surface area contributed by atoms with Gasteiger partial charge in [0.05, 0.1) is 29.7 Å². The van der Waals surface area contributed by atoms with E-state index in [4.69, 9.17) is 4.74 Å². The molecule has 1 aromatic rings. The number of piperazine rings is 1. The van der Waals surface area contributed by atoms with Gasteiger partial charge in [0.2, 0.25) is 10.0 Å². The normalized spacial score (nSPS) is 35.7. The third kappa shape index (κ3) is 4.43. The average Bonchev–Trinajstić information content (AvgIpc) is 3.33. The van der Waals surface area contributed by atoms with E-state index in [2.05, 4.69) is 32.6 Å². The summed E-state index contributed by atoms with van der Waals surface area (Å²) in [5, 5.41) is 0. The van der Waals surface area contributed by atoms with Crippen molar-refractivity contribution in [1.29, 1.82) is 0 Å². The molecule has 2 aliphatic carbocycles. The molecule has 11 heteroatoms. The van der Waals surface area contributed by atoms with Gasteiger partial charge in [-0.05, 0) is 32.6 Å². The average molecular weight is 455 g/mol. The summed E-state index contributed by atoms with van der Waals surface area (Å²) in [6.45, 7) is 4.13. The number of nitrogens with one attached hydrogen (secondary N) is 2. The molecular weight excluding hydrogens is 423 g/mol. The molecular formula is C20H31FN6O3S. The number of halogens is 1. The van der Waals surface area contributed by atoms with E-state index in [0.717, 1.165) is 24.4 Å². The van der Waals surface area contributed by atoms with E-state index in [9.17, 15) is 12.8 Å². The summed E-state index contributed by atoms with van der Waals surface area (Å²) >= 11 is 0. The molecule has 2 saturated heterocycles. The van der Waals surface area contributed by atoms with Gasteiger partial charge in [-0.3, -0.25) is 5.43 Å². The van der Waals surface area contributed by atoms with E-state index in [1.165, 1.54) is 10.6 Å². The highest BCUT2D eigenvalue weighted by Gasteiger charge is 2.50. The van der Waals surface area contributed by atoms with Crippen molar-refractivity contribution in [3.63, 3.8) is 0 Å². The summed E-state index contributed by atoms with van der Waals surface area (Å²) in [5.41, 5.74) is 7.31. The number of hydrazine groups is 1. The SMILES string of the molecule is CC1(OC2CC3C(CC2F)NNC3c2cc(N3CCN(S(C)(=O)=O)CC3)ncn2)CC1. The summed E-state index contributed by atoms with van der Waals surface area (Å²) < 4.78 is 45.9. The van der Waals surface area contributed by atoms with Gasteiger partial charge < -0.3 is 9.64 Å². The number of anilines is 1. The van der Waals surface area contributed by atoms with Crippen LogP contribution in [0.15, 0.2) is 12.4 Å². The molecule has 172 valence electrons. The lowest BCUT2D eigenvalue weighted by Gasteiger charge is -2.37. The molecule has 4 aliphatic rings. The first-order valence-corrected chi connectivity index (χ1v) is 12.9. The number of ether oxygens (including phenoxy) is 1. The first-order chi connectivity index (χ1) is 14.7. The third-order valence-corrected chi connectivity index (χ3v) is 8.47. The standard InChI is InChI=1S/C20H31FN6O3S/c1-20(3-4-20)30-17-9-13-15(10-14(17)21)24-25-19(13)16-11-18(23-12-22-16)26-5-7-27(8-6-26)31(2,28)29/h11-15,17,19,24-25H,3-10H2,1-2H3. The molecule has 2 saturated carbocycles. The molecule has 5 rings (SSSR count). The Morgan fingerprint density at radius 3 is 2.58 bits per heavy atom. The molecule has 0 radical (unpaired) electrons. The number of aromatic nitrogens is 2. The van der Waals surface area contributed by atoms with Crippen molar-refractivity contribution < 1.29 is 17.5 Å². The molecule has 31 heavy (non-hydrogen) atoms. The lowest BCUT2D eigenvalue weighted by molar-refractivity contribution is -0.0886. The van der Waals surface area contributed by atoms with E-state index in [1.807, 2.05) is 6.07 Å². The molecule has 2 aliphatic heterocycles. The number of alkyl halides is 1. The highest BCUT2D eigenvalue weighted by molar-refractivity contribution is 7.88. The maximum atomic E-state index is 14.7. The van der Waals surface area contributed by atoms with Crippen LogP contribution >= 0.6 is 0 Å². The van der Waals surface area contributed by atoms with Crippen LogP contribution in [0, 0.1) is 5.92 Å². The van der Waals surface area contributed by atoms with Crippen LogP contribution in [0.3, 0.4) is 0 Å². The van der Waals surface area contributed by atoms with E-state index < -0.39 is 16.2 Å². The molecule has 9 nitrogen and oxygen atoms in total. The van der Waals surface area contributed by atoms with Crippen LogP contribution in [0.2, 0.25) is 0 Å². The first-order valence-electron chi connectivity index (χ1n) is 11.1.